The minimum atomic E-state index is -3.28. The van der Waals surface area contributed by atoms with Crippen molar-refractivity contribution >= 4 is 29.6 Å². The van der Waals surface area contributed by atoms with Crippen molar-refractivity contribution in [2.75, 3.05) is 39.6 Å². The zero-order valence-corrected chi connectivity index (χ0v) is 45.9. The van der Waals surface area contributed by atoms with E-state index in [2.05, 4.69) is 21.3 Å². The van der Waals surface area contributed by atoms with E-state index in [1.54, 1.807) is 0 Å². The number of carbonyl (C=O) groups excluding carboxylic acids is 4. The maximum absolute atomic E-state index is 13.2. The number of nitrogens with one attached hydrogen (secondary N) is 4. The Hall–Kier alpha value is -3.77. The Kier molecular flexibility index (Phi) is 24.9. The van der Waals surface area contributed by atoms with E-state index in [4.69, 9.17) is 52.1 Å². The third-order valence-corrected chi connectivity index (χ3v) is 15.0. The molecule has 0 aliphatic carbocycles. The van der Waals surface area contributed by atoms with Gasteiger partial charge in [0.25, 0.3) is 5.79 Å². The summed E-state index contributed by atoms with van der Waals surface area (Å²) in [6.45, 7) is -2.41. The van der Waals surface area contributed by atoms with Crippen molar-refractivity contribution in [3.05, 3.63) is 0 Å². The molecule has 6 aliphatic heterocycles. The maximum Gasteiger partial charge on any atom is 0.364 e. The second kappa shape index (κ2) is 30.2. The second-order valence-corrected chi connectivity index (χ2v) is 21.2. The summed E-state index contributed by atoms with van der Waals surface area (Å²) in [6, 6.07) is -7.17. The smallest absolute Gasteiger partial charge is 0.364 e. The second-order valence-electron chi connectivity index (χ2n) is 21.2. The van der Waals surface area contributed by atoms with Crippen molar-refractivity contribution in [3.63, 3.8) is 0 Å². The molecule has 1 unspecified atom stereocenters. The van der Waals surface area contributed by atoms with Crippen molar-refractivity contribution in [1.29, 1.82) is 0 Å². The topological polar surface area (TPSA) is 599 Å². The number of rotatable bonds is 23. The minimum absolute atomic E-state index is 0.840. The normalized spacial score (nSPS) is 45.0. The Balaban J connectivity index is 1.38. The average Bonchev–Trinajstić information content (AvgIpc) is 1.30. The van der Waals surface area contributed by atoms with E-state index in [9.17, 15) is 116 Å². The molecule has 38 heteroatoms. The van der Waals surface area contributed by atoms with Gasteiger partial charge in [-0.3, -0.25) is 19.2 Å². The van der Waals surface area contributed by atoms with Gasteiger partial charge < -0.3 is 165 Å². The number of aliphatic hydroxyl groups is 17. The molecule has 0 bridgehead atoms. The van der Waals surface area contributed by atoms with Gasteiger partial charge in [-0.15, -0.1) is 0 Å². The van der Waals surface area contributed by atoms with Gasteiger partial charge in [-0.1, -0.05) is 0 Å². The van der Waals surface area contributed by atoms with Gasteiger partial charge in [-0.2, -0.15) is 0 Å². The number of amides is 4. The molecule has 490 valence electrons. The molecular formula is C47H78N4O34. The number of carbonyl (C=O) groups is 5. The number of hydrogen-bond donors (Lipinski definition) is 22. The van der Waals surface area contributed by atoms with Crippen LogP contribution in [0.4, 0.5) is 0 Å². The van der Waals surface area contributed by atoms with E-state index in [-0.39, 0.29) is 0 Å². The van der Waals surface area contributed by atoms with E-state index in [1.807, 2.05) is 0 Å². The highest BCUT2D eigenvalue weighted by molar-refractivity contribution is 5.77. The summed E-state index contributed by atoms with van der Waals surface area (Å²) in [5, 5.41) is 205. The van der Waals surface area contributed by atoms with Gasteiger partial charge in [0.2, 0.25) is 23.6 Å². The van der Waals surface area contributed by atoms with Crippen molar-refractivity contribution in [3.8, 4) is 0 Å². The fraction of sp³-hybridized carbons (Fsp3) is 0.894. The molecule has 22 N–H and O–H groups in total. The van der Waals surface area contributed by atoms with Crippen LogP contribution in [0, 0.1) is 0 Å². The van der Waals surface area contributed by atoms with Gasteiger partial charge in [0, 0.05) is 34.1 Å². The quantitative estimate of drug-likeness (QED) is 0.0452. The van der Waals surface area contributed by atoms with Crippen LogP contribution in [0.5, 0.6) is 0 Å². The Morgan fingerprint density at radius 3 is 1.48 bits per heavy atom. The first-order chi connectivity index (χ1) is 40.0. The molecule has 0 aromatic rings. The van der Waals surface area contributed by atoms with E-state index in [0.29, 0.717) is 0 Å². The lowest BCUT2D eigenvalue weighted by Crippen LogP contribution is -2.72. The van der Waals surface area contributed by atoms with Crippen molar-refractivity contribution in [1.82, 2.24) is 21.3 Å². The first kappa shape index (κ1) is 70.3. The monoisotopic (exact) mass is 1240 g/mol. The fourth-order valence-electron chi connectivity index (χ4n) is 10.7. The molecule has 6 heterocycles. The van der Waals surface area contributed by atoms with Gasteiger partial charge >= 0.3 is 5.97 Å². The summed E-state index contributed by atoms with van der Waals surface area (Å²) in [7, 11) is 0. The number of carboxylic acid groups (broad SMARTS) is 1. The number of hydrogen-bond acceptors (Lipinski definition) is 33. The van der Waals surface area contributed by atoms with Gasteiger partial charge in [-0.25, -0.2) is 4.79 Å². The summed E-state index contributed by atoms with van der Waals surface area (Å²) >= 11 is 0. The molecule has 6 fully saturated rings. The zero-order valence-electron chi connectivity index (χ0n) is 45.9. The van der Waals surface area contributed by atoms with Crippen LogP contribution in [0.25, 0.3) is 0 Å². The molecule has 6 rings (SSSR count). The van der Waals surface area contributed by atoms with Crippen LogP contribution in [0.3, 0.4) is 0 Å². The summed E-state index contributed by atoms with van der Waals surface area (Å²) in [5.74, 6) is -8.93. The molecular weight excluding hydrogens is 1160 g/mol. The van der Waals surface area contributed by atoms with Crippen LogP contribution in [0.15, 0.2) is 0 Å². The Labute approximate surface area is 481 Å². The van der Waals surface area contributed by atoms with E-state index < -0.39 is 265 Å². The third kappa shape index (κ3) is 15.8. The van der Waals surface area contributed by atoms with Crippen molar-refractivity contribution in [2.45, 2.75) is 224 Å². The fourth-order valence-corrected chi connectivity index (χ4v) is 10.7. The lowest BCUT2D eigenvalue weighted by Gasteiger charge is -2.51. The molecule has 0 spiro atoms. The molecule has 31 atom stereocenters. The summed E-state index contributed by atoms with van der Waals surface area (Å²) in [4.78, 5) is 63.6. The van der Waals surface area contributed by atoms with Crippen LogP contribution < -0.4 is 21.3 Å². The standard InChI is InChI=1S/C47H78N4O34/c1-12(57)48-23-16(61)5-47(46(73)74,84-39(23)27(63)17(62)6-52)85-40-30(66)20(9-55)78-45(35(40)71)83-38-26(51-15(4)60)43(82-37-25(50-14(3)59)41(72)76-19(8-54)29(37)65)80-22(31(38)67)11-75-42-24(49-13(2)58)32(68)36(21(10-56)79-42)81-44-34(70)33(69)28(64)18(7-53)77-44/h16-45,52-56,61-72H,5-11H2,1-4H3,(H,48,57)(H,49,58)(H,50,59)(H,51,60)(H,73,74)/t16-,17+,18+,19+,20+,21+,22+,23+,24+,25+,26+,27+,28-,29-,30-,31-,32+,33-,34+,35+,36+,37+,38+,39+,40-,41?,42+,43+,44-,45-,47-/m0/s1. The summed E-state index contributed by atoms with van der Waals surface area (Å²) in [6.07, 6.45) is -54.3. The highest BCUT2D eigenvalue weighted by Gasteiger charge is 2.61. The summed E-state index contributed by atoms with van der Waals surface area (Å²) in [5.41, 5.74) is 0. The molecule has 6 aliphatic rings. The number of aliphatic carboxylic acids is 1. The van der Waals surface area contributed by atoms with Crippen LogP contribution in [0.2, 0.25) is 0 Å². The van der Waals surface area contributed by atoms with Gasteiger partial charge in [0.15, 0.2) is 31.5 Å². The van der Waals surface area contributed by atoms with Crippen molar-refractivity contribution < 1.29 is 168 Å². The molecule has 0 aromatic carbocycles. The predicted molar refractivity (Wildman–Crippen MR) is 263 cm³/mol. The minimum Gasteiger partial charge on any atom is -0.477 e. The molecule has 38 nitrogen and oxygen atoms in total. The Morgan fingerprint density at radius 1 is 0.482 bits per heavy atom. The van der Waals surface area contributed by atoms with Gasteiger partial charge in [0.1, 0.15) is 140 Å². The van der Waals surface area contributed by atoms with E-state index >= 15 is 0 Å². The molecule has 0 aromatic heterocycles. The molecule has 4 amide bonds. The lowest BCUT2D eigenvalue weighted by atomic mass is 9.88. The molecule has 6 saturated heterocycles. The first-order valence-electron chi connectivity index (χ1n) is 26.7. The highest BCUT2D eigenvalue weighted by Crippen LogP contribution is 2.40. The van der Waals surface area contributed by atoms with Crippen LogP contribution in [-0.2, 0) is 76.1 Å². The summed E-state index contributed by atoms with van der Waals surface area (Å²) < 4.78 is 64.0. The van der Waals surface area contributed by atoms with Crippen LogP contribution >= 0.6 is 0 Å². The first-order valence-corrected chi connectivity index (χ1v) is 26.7. The number of carboxylic acids is 1. The number of aliphatic hydroxyl groups excluding tert-OH is 17. The van der Waals surface area contributed by atoms with E-state index in [1.165, 1.54) is 0 Å². The van der Waals surface area contributed by atoms with Crippen molar-refractivity contribution in [2.24, 2.45) is 0 Å². The Morgan fingerprint density at radius 2 is 0.929 bits per heavy atom. The predicted octanol–water partition coefficient (Wildman–Crippen LogP) is -14.3. The Bertz CT molecular complexity index is 2210. The average molecular weight is 1240 g/mol. The third-order valence-electron chi connectivity index (χ3n) is 15.0. The van der Waals surface area contributed by atoms with E-state index in [0.717, 1.165) is 27.7 Å². The molecule has 0 radical (unpaired) electrons. The highest BCUT2D eigenvalue weighted by atomic mass is 16.8. The maximum atomic E-state index is 13.2. The number of ether oxygens (including phenoxy) is 11. The molecule has 85 heavy (non-hydrogen) atoms. The van der Waals surface area contributed by atoms with Crippen LogP contribution in [-0.4, -0.2) is 351 Å². The SMILES string of the molecule is CC(=O)N[C@H]1[C@H](OC[C@H]2O[C@H](O[C@H]3[C@@H](O)[C@@H](CO)OC(O)[C@@H]3NC(C)=O)[C@H](NC(C)=O)[C@@H](O[C@@H]3O[C@H](CO)[C@H](O)[C@H](O[C@]4(C(=O)O)C[C@H](O)[C@@H](NC(C)=O)[C@H]([C@H](O)[C@H](O)CO)O4)[C@H]3O)[C@H]2O)O[C@H](CO)[C@@H](O[C@@H]2O[C@H](CO)[C@H](O)[C@H](O)[C@H]2O)[C@@H]1O. The largest absolute Gasteiger partial charge is 0.477 e. The lowest BCUT2D eigenvalue weighted by molar-refractivity contribution is -0.385. The van der Waals surface area contributed by atoms with Gasteiger partial charge in [0.05, 0.1) is 51.8 Å². The van der Waals surface area contributed by atoms with Crippen LogP contribution in [0.1, 0.15) is 34.1 Å². The molecule has 0 saturated carbocycles. The van der Waals surface area contributed by atoms with Gasteiger partial charge in [-0.05, 0) is 0 Å². The zero-order chi connectivity index (χ0) is 63.3.